The minimum absolute atomic E-state index is 0.0241. The van der Waals surface area contributed by atoms with Gasteiger partial charge in [-0.3, -0.25) is 14.6 Å². The molecule has 0 aromatic carbocycles. The highest BCUT2D eigenvalue weighted by Gasteiger charge is 2.24. The number of rotatable bonds is 5. The monoisotopic (exact) mass is 661 g/mol. The Balaban J connectivity index is 1.74. The number of likely N-dealkylation sites (N-methyl/N-ethyl adjacent to an activating group) is 1. The highest BCUT2D eigenvalue weighted by Crippen LogP contribution is 2.37. The van der Waals surface area contributed by atoms with Crippen LogP contribution in [0.5, 0.6) is 11.8 Å². The first-order chi connectivity index (χ1) is 18.9. The van der Waals surface area contributed by atoms with Gasteiger partial charge in [0.25, 0.3) is 0 Å². The lowest BCUT2D eigenvalue weighted by molar-refractivity contribution is 0.156. The largest absolute Gasteiger partial charge is 0.476 e. The van der Waals surface area contributed by atoms with Gasteiger partial charge in [-0.25, -0.2) is 9.13 Å². The molecule has 0 radical (unpaired) electrons. The van der Waals surface area contributed by atoms with E-state index in [-0.39, 0.29) is 19.3 Å². The molecule has 39 heavy (non-hydrogen) atoms. The minimum Gasteiger partial charge on any atom is -0.476 e. The van der Waals surface area contributed by atoms with E-state index in [1.54, 1.807) is 9.36 Å². The summed E-state index contributed by atoms with van der Waals surface area (Å²) in [5.41, 5.74) is 5.75. The number of fused-ring (bicyclic) bond motifs is 4. The summed E-state index contributed by atoms with van der Waals surface area (Å²) in [5.74, 6) is 1.00. The van der Waals surface area contributed by atoms with E-state index in [0.29, 0.717) is 37.8 Å². The fourth-order valence-electron chi connectivity index (χ4n) is 4.65. The molecule has 0 saturated carbocycles. The van der Waals surface area contributed by atoms with E-state index >= 15 is 0 Å². The normalized spacial score (nSPS) is 17.0. The molecular weight excluding hydrogens is 632 g/mol. The Morgan fingerprint density at radius 2 is 2.10 bits per heavy atom. The molecule has 0 fully saturated rings. The average molecular weight is 661 g/mol. The summed E-state index contributed by atoms with van der Waals surface area (Å²) in [6.45, 7) is 5.06. The van der Waals surface area contributed by atoms with Gasteiger partial charge >= 0.3 is 0 Å². The Labute approximate surface area is 240 Å². The third kappa shape index (κ3) is 5.26. The molecule has 1 aliphatic heterocycles. The van der Waals surface area contributed by atoms with Gasteiger partial charge in [0.05, 0.1) is 65.1 Å². The molecular formula is C25H29IN9O3P. The number of nitrogens with zero attached hydrogens (tertiary/aromatic N) is 9. The number of hydrogen-bond donors (Lipinski definition) is 1. The van der Waals surface area contributed by atoms with Gasteiger partial charge in [0.1, 0.15) is 12.7 Å². The highest BCUT2D eigenvalue weighted by molar-refractivity contribution is 14.2. The van der Waals surface area contributed by atoms with Crippen molar-refractivity contribution >= 4 is 51.5 Å². The van der Waals surface area contributed by atoms with Crippen LogP contribution in [0.4, 0.5) is 0 Å². The molecule has 2 bridgehead atoms. The Bertz CT molecular complexity index is 1590. The quantitative estimate of drug-likeness (QED) is 0.253. The van der Waals surface area contributed by atoms with Crippen molar-refractivity contribution < 1.29 is 14.6 Å². The predicted molar refractivity (Wildman–Crippen MR) is 158 cm³/mol. The van der Waals surface area contributed by atoms with Gasteiger partial charge in [0.15, 0.2) is 6.61 Å². The standard InChI is InChI=1S/C25H29IN9O3P/c1-15-14-38-25-23(16(2)29-33(25)4)20-11-18-19(30-35(39-26)21(18)12-28-20)6-5-17-22(13-32(15)3)34(8-9-36)31-24(17)37-10-7-27/h5-6,11-12,15,36,39H,8-10,13-14H2,1-4H3/b6-5+. The van der Waals surface area contributed by atoms with Crippen molar-refractivity contribution in [3.8, 4) is 29.1 Å². The Morgan fingerprint density at radius 1 is 1.28 bits per heavy atom. The lowest BCUT2D eigenvalue weighted by Gasteiger charge is -2.25. The van der Waals surface area contributed by atoms with Gasteiger partial charge in [-0.15, -0.1) is 5.10 Å². The van der Waals surface area contributed by atoms with E-state index in [0.717, 1.165) is 44.8 Å². The summed E-state index contributed by atoms with van der Waals surface area (Å²) in [6, 6.07) is 4.07. The molecule has 204 valence electrons. The van der Waals surface area contributed by atoms with Crippen molar-refractivity contribution in [3.05, 3.63) is 34.9 Å². The summed E-state index contributed by atoms with van der Waals surface area (Å²) < 4.78 is 17.5. The fourth-order valence-corrected chi connectivity index (χ4v) is 6.17. The molecule has 0 aliphatic carbocycles. The van der Waals surface area contributed by atoms with Crippen molar-refractivity contribution in [2.45, 2.75) is 33.0 Å². The number of pyridine rings is 1. The number of aromatic nitrogens is 7. The Kier molecular flexibility index (Phi) is 8.18. The van der Waals surface area contributed by atoms with Crippen LogP contribution >= 0.6 is 28.4 Å². The second-order valence-corrected chi connectivity index (χ2v) is 11.4. The second kappa shape index (κ2) is 11.6. The topological polar surface area (TPSA) is 132 Å². The lowest BCUT2D eigenvalue weighted by atomic mass is 10.1. The summed E-state index contributed by atoms with van der Waals surface area (Å²) in [7, 11) is 3.89. The van der Waals surface area contributed by atoms with Gasteiger partial charge in [0, 0.05) is 25.0 Å². The molecule has 0 saturated heterocycles. The van der Waals surface area contributed by atoms with E-state index < -0.39 is 0 Å². The summed E-state index contributed by atoms with van der Waals surface area (Å²) >= 11 is 2.31. The maximum Gasteiger partial charge on any atom is 0.241 e. The van der Waals surface area contributed by atoms with Gasteiger partial charge in [0.2, 0.25) is 11.8 Å². The summed E-state index contributed by atoms with van der Waals surface area (Å²) in [4.78, 5) is 6.94. The van der Waals surface area contributed by atoms with Crippen molar-refractivity contribution in [3.63, 3.8) is 0 Å². The zero-order chi connectivity index (χ0) is 27.7. The molecule has 5 heterocycles. The van der Waals surface area contributed by atoms with E-state index in [1.807, 2.05) is 56.0 Å². The summed E-state index contributed by atoms with van der Waals surface area (Å²) in [5, 5.41) is 33.9. The van der Waals surface area contributed by atoms with Crippen LogP contribution in [0.25, 0.3) is 34.3 Å². The minimum atomic E-state index is -0.134. The van der Waals surface area contributed by atoms with Crippen molar-refractivity contribution in [1.29, 1.82) is 5.26 Å². The molecule has 0 amide bonds. The first-order valence-electron chi connectivity index (χ1n) is 12.4. The van der Waals surface area contributed by atoms with Crippen LogP contribution in [0.15, 0.2) is 12.3 Å². The molecule has 5 rings (SSSR count). The zero-order valence-corrected chi connectivity index (χ0v) is 25.2. The number of nitriles is 1. The van der Waals surface area contributed by atoms with Crippen molar-refractivity contribution in [2.75, 3.05) is 26.9 Å². The van der Waals surface area contributed by atoms with Crippen LogP contribution in [0.1, 0.15) is 29.6 Å². The van der Waals surface area contributed by atoms with Crippen LogP contribution < -0.4 is 9.47 Å². The number of aryl methyl sites for hydroxylation is 2. The second-order valence-electron chi connectivity index (χ2n) is 9.32. The van der Waals surface area contributed by atoms with Gasteiger partial charge in [-0.05, 0) is 61.2 Å². The number of aliphatic hydroxyl groups excluding tert-OH is 1. The highest BCUT2D eigenvalue weighted by atomic mass is 127. The van der Waals surface area contributed by atoms with Gasteiger partial charge in [-0.2, -0.15) is 15.5 Å². The Hall–Kier alpha value is -3.05. The number of ether oxygens (including phenoxy) is 2. The van der Waals surface area contributed by atoms with Crippen LogP contribution in [0.2, 0.25) is 0 Å². The molecule has 4 aromatic heterocycles. The fraction of sp³-hybridized carbons (Fsp3) is 0.400. The molecule has 1 N–H and O–H groups in total. The van der Waals surface area contributed by atoms with Crippen molar-refractivity contribution in [2.24, 2.45) is 7.05 Å². The third-order valence-corrected chi connectivity index (χ3v) is 8.64. The first-order valence-corrected chi connectivity index (χ1v) is 16.4. The van der Waals surface area contributed by atoms with E-state index in [1.165, 1.54) is 0 Å². The van der Waals surface area contributed by atoms with Crippen molar-refractivity contribution in [1.82, 2.24) is 39.0 Å². The number of halogens is 1. The Morgan fingerprint density at radius 3 is 2.85 bits per heavy atom. The van der Waals surface area contributed by atoms with Crippen LogP contribution in [0.3, 0.4) is 0 Å². The average Bonchev–Trinajstić information content (AvgIpc) is 3.54. The predicted octanol–water partition coefficient (Wildman–Crippen LogP) is 3.41. The van der Waals surface area contributed by atoms with E-state index in [9.17, 15) is 5.11 Å². The van der Waals surface area contributed by atoms with Crippen LogP contribution in [-0.4, -0.2) is 77.0 Å². The van der Waals surface area contributed by atoms with Gasteiger partial charge < -0.3 is 14.6 Å². The lowest BCUT2D eigenvalue weighted by Crippen LogP contribution is -2.35. The SMILES string of the molecule is Cc1nn(C)c2c1-c1cc3c(nn(PI)c3cn1)/C=C/c1c(OCC#N)nn(CCO)c1CN(C)C(C)CO2. The van der Waals surface area contributed by atoms with E-state index in [2.05, 4.69) is 44.1 Å². The van der Waals surface area contributed by atoms with Crippen LogP contribution in [0, 0.1) is 18.3 Å². The number of aliphatic hydroxyl groups is 1. The molecule has 2 atom stereocenters. The maximum atomic E-state index is 9.73. The molecule has 12 nitrogen and oxygen atoms in total. The van der Waals surface area contributed by atoms with Crippen LogP contribution in [-0.2, 0) is 20.1 Å². The smallest absolute Gasteiger partial charge is 0.241 e. The number of hydrogen-bond acceptors (Lipinski definition) is 9. The molecule has 1 aliphatic rings. The molecule has 2 unspecified atom stereocenters. The maximum absolute atomic E-state index is 9.73. The summed E-state index contributed by atoms with van der Waals surface area (Å²) in [6.07, 6.45) is 6.11. The third-order valence-electron chi connectivity index (χ3n) is 6.77. The first kappa shape index (κ1) is 27.5. The zero-order valence-electron chi connectivity index (χ0n) is 22.1. The molecule has 4 aromatic rings. The van der Waals surface area contributed by atoms with Gasteiger partial charge in [-0.1, -0.05) is 0 Å². The van der Waals surface area contributed by atoms with E-state index in [4.69, 9.17) is 24.8 Å². The molecule has 14 heteroatoms. The molecule has 0 spiro atoms.